The van der Waals surface area contributed by atoms with Crippen LogP contribution in [-0.4, -0.2) is 29.4 Å². The van der Waals surface area contributed by atoms with Crippen LogP contribution in [0.5, 0.6) is 0 Å². The van der Waals surface area contributed by atoms with Gasteiger partial charge in [0, 0.05) is 15.1 Å². The van der Waals surface area contributed by atoms with E-state index in [4.69, 9.17) is 11.6 Å². The molecule has 3 aromatic carbocycles. The normalized spacial score (nSPS) is 19.9. The molecule has 3 aromatic rings. The van der Waals surface area contributed by atoms with E-state index in [1.165, 1.54) is 5.01 Å². The molecule has 0 spiro atoms. The Morgan fingerprint density at radius 2 is 1.50 bits per heavy atom. The summed E-state index contributed by atoms with van der Waals surface area (Å²) in [6.45, 7) is 0. The lowest BCUT2D eigenvalue weighted by molar-refractivity contribution is -0.121. The molecule has 1 saturated heterocycles. The van der Waals surface area contributed by atoms with Crippen molar-refractivity contribution in [3.8, 4) is 0 Å². The summed E-state index contributed by atoms with van der Waals surface area (Å²) in [5, 5.41) is 6.45. The average Bonchev–Trinajstić information content (AvgIpc) is 3.32. The summed E-state index contributed by atoms with van der Waals surface area (Å²) in [6.07, 6.45) is 0. The summed E-state index contributed by atoms with van der Waals surface area (Å²) < 4.78 is 0.826. The largest absolute Gasteiger partial charge is 0.287 e. The second kappa shape index (κ2) is 8.00. The number of carbonyl (C=O) groups excluding carboxylic acids is 3. The number of fused-ring (bicyclic) bond motifs is 1. The molecule has 5 rings (SSSR count). The van der Waals surface area contributed by atoms with Crippen molar-refractivity contribution < 1.29 is 14.4 Å². The Bertz CT molecular complexity index is 1260. The lowest BCUT2D eigenvalue weighted by atomic mass is 9.92. The lowest BCUT2D eigenvalue weighted by Crippen LogP contribution is -2.39. The maximum absolute atomic E-state index is 13.5. The number of anilines is 2. The van der Waals surface area contributed by atoms with Gasteiger partial charge < -0.3 is 0 Å². The highest BCUT2D eigenvalue weighted by atomic mass is 79.9. The van der Waals surface area contributed by atoms with E-state index < -0.39 is 29.6 Å². The number of hydrogen-bond donors (Lipinski definition) is 0. The highest BCUT2D eigenvalue weighted by Crippen LogP contribution is 2.38. The molecule has 2 aliphatic rings. The molecule has 0 bridgehead atoms. The number of amides is 2. The van der Waals surface area contributed by atoms with Gasteiger partial charge in [0.25, 0.3) is 5.91 Å². The third kappa shape index (κ3) is 3.34. The van der Waals surface area contributed by atoms with Crippen molar-refractivity contribution in [2.24, 2.45) is 11.0 Å². The number of hydrazone groups is 1. The van der Waals surface area contributed by atoms with Gasteiger partial charge in [-0.3, -0.25) is 19.4 Å². The van der Waals surface area contributed by atoms with Crippen LogP contribution >= 0.6 is 27.5 Å². The molecule has 2 unspecified atom stereocenters. The number of imide groups is 1. The number of halogens is 2. The number of ketones is 1. The molecular formula is C24H15BrClN3O3. The minimum Gasteiger partial charge on any atom is -0.287 e. The number of hydrogen-bond acceptors (Lipinski definition) is 5. The summed E-state index contributed by atoms with van der Waals surface area (Å²) in [5.74, 6) is -2.31. The van der Waals surface area contributed by atoms with Crippen molar-refractivity contribution in [2.75, 3.05) is 9.91 Å². The van der Waals surface area contributed by atoms with Crippen LogP contribution in [0.2, 0.25) is 5.02 Å². The summed E-state index contributed by atoms with van der Waals surface area (Å²) in [5.41, 5.74) is 1.47. The van der Waals surface area contributed by atoms with Crippen molar-refractivity contribution in [1.29, 1.82) is 0 Å². The maximum Gasteiger partial charge on any atom is 0.259 e. The molecule has 2 amide bonds. The van der Waals surface area contributed by atoms with E-state index in [-0.39, 0.29) is 5.71 Å². The van der Waals surface area contributed by atoms with Gasteiger partial charge in [-0.2, -0.15) is 5.10 Å². The molecule has 0 aliphatic carbocycles. The molecule has 158 valence electrons. The molecule has 0 saturated carbocycles. The van der Waals surface area contributed by atoms with Crippen LogP contribution in [0, 0.1) is 5.92 Å². The molecule has 0 aromatic heterocycles. The first-order chi connectivity index (χ1) is 15.5. The first kappa shape index (κ1) is 20.6. The summed E-state index contributed by atoms with van der Waals surface area (Å²) in [7, 11) is 0. The first-order valence-corrected chi connectivity index (χ1v) is 11.0. The lowest BCUT2D eigenvalue weighted by Gasteiger charge is -2.22. The number of para-hydroxylation sites is 1. The standard InChI is InChI=1S/C24H15BrClN3O3/c25-15-8-12-17(13-9-15)28-23(31)19-20(22(30)14-6-10-16(26)11-7-14)27-29(21(19)24(28)32)18-4-2-1-3-5-18/h1-13,19,21H. The zero-order chi connectivity index (χ0) is 22.4. The van der Waals surface area contributed by atoms with Gasteiger partial charge in [0.15, 0.2) is 0 Å². The molecule has 1 fully saturated rings. The molecule has 0 radical (unpaired) electrons. The smallest absolute Gasteiger partial charge is 0.259 e. The topological polar surface area (TPSA) is 70.1 Å². The van der Waals surface area contributed by atoms with Crippen LogP contribution < -0.4 is 9.91 Å². The van der Waals surface area contributed by atoms with Crippen molar-refractivity contribution in [3.05, 3.63) is 93.9 Å². The predicted molar refractivity (Wildman–Crippen MR) is 126 cm³/mol. The van der Waals surface area contributed by atoms with Crippen LogP contribution in [0.15, 0.2) is 88.4 Å². The number of benzene rings is 3. The highest BCUT2D eigenvalue weighted by molar-refractivity contribution is 9.10. The van der Waals surface area contributed by atoms with E-state index >= 15 is 0 Å². The zero-order valence-electron chi connectivity index (χ0n) is 16.5. The third-order valence-corrected chi connectivity index (χ3v) is 6.27. The molecule has 0 N–H and O–H groups in total. The summed E-state index contributed by atoms with van der Waals surface area (Å²) in [6, 6.07) is 21.4. The Kier molecular flexibility index (Phi) is 5.15. The van der Waals surface area contributed by atoms with Gasteiger partial charge in [-0.15, -0.1) is 0 Å². The maximum atomic E-state index is 13.5. The Morgan fingerprint density at radius 3 is 2.16 bits per heavy atom. The number of carbonyl (C=O) groups is 3. The van der Waals surface area contributed by atoms with Gasteiger partial charge in [0.2, 0.25) is 11.7 Å². The SMILES string of the molecule is O=C(C1=NN(c2ccccc2)C2C(=O)N(c3ccc(Br)cc3)C(=O)C12)c1ccc(Cl)cc1. The van der Waals surface area contributed by atoms with Crippen molar-refractivity contribution >= 4 is 62.2 Å². The van der Waals surface area contributed by atoms with Gasteiger partial charge in [0.05, 0.1) is 11.4 Å². The fourth-order valence-corrected chi connectivity index (χ4v) is 4.38. The van der Waals surface area contributed by atoms with Crippen LogP contribution in [0.1, 0.15) is 10.4 Å². The zero-order valence-corrected chi connectivity index (χ0v) is 18.8. The number of rotatable bonds is 4. The first-order valence-electron chi connectivity index (χ1n) is 9.82. The van der Waals surface area contributed by atoms with Gasteiger partial charge in [-0.25, -0.2) is 4.90 Å². The van der Waals surface area contributed by atoms with E-state index in [2.05, 4.69) is 21.0 Å². The van der Waals surface area contributed by atoms with Gasteiger partial charge in [-0.05, 0) is 60.7 Å². The molecule has 32 heavy (non-hydrogen) atoms. The van der Waals surface area contributed by atoms with Gasteiger partial charge in [-0.1, -0.05) is 45.7 Å². The van der Waals surface area contributed by atoms with Gasteiger partial charge in [0.1, 0.15) is 17.7 Å². The average molecular weight is 509 g/mol. The summed E-state index contributed by atoms with van der Waals surface area (Å²) in [4.78, 5) is 41.4. The Labute approximate surface area is 197 Å². The molecule has 2 heterocycles. The molecular weight excluding hydrogens is 494 g/mol. The minimum absolute atomic E-state index is 0.0409. The third-order valence-electron chi connectivity index (χ3n) is 5.49. The molecule has 2 atom stereocenters. The van der Waals surface area contributed by atoms with Crippen molar-refractivity contribution in [2.45, 2.75) is 6.04 Å². The van der Waals surface area contributed by atoms with E-state index in [0.29, 0.717) is 22.0 Å². The van der Waals surface area contributed by atoms with E-state index in [9.17, 15) is 14.4 Å². The highest BCUT2D eigenvalue weighted by Gasteiger charge is 2.58. The van der Waals surface area contributed by atoms with E-state index in [1.54, 1.807) is 60.7 Å². The quantitative estimate of drug-likeness (QED) is 0.378. The fourth-order valence-electron chi connectivity index (χ4n) is 3.99. The fraction of sp³-hybridized carbons (Fsp3) is 0.0833. The van der Waals surface area contributed by atoms with Crippen LogP contribution in [0.4, 0.5) is 11.4 Å². The monoisotopic (exact) mass is 507 g/mol. The van der Waals surface area contributed by atoms with Crippen LogP contribution in [-0.2, 0) is 9.59 Å². The van der Waals surface area contributed by atoms with Crippen LogP contribution in [0.3, 0.4) is 0 Å². The van der Waals surface area contributed by atoms with E-state index in [0.717, 1.165) is 9.37 Å². The summed E-state index contributed by atoms with van der Waals surface area (Å²) >= 11 is 9.31. The number of Topliss-reactive ketones (excluding diaryl/α,β-unsaturated/α-hetero) is 1. The second-order valence-corrected chi connectivity index (χ2v) is 8.76. The Hall–Kier alpha value is -3.29. The Balaban J connectivity index is 1.60. The Morgan fingerprint density at radius 1 is 0.844 bits per heavy atom. The minimum atomic E-state index is -1.01. The van der Waals surface area contributed by atoms with Crippen molar-refractivity contribution in [1.82, 2.24) is 0 Å². The molecule has 2 aliphatic heterocycles. The number of nitrogens with zero attached hydrogens (tertiary/aromatic N) is 3. The van der Waals surface area contributed by atoms with Crippen LogP contribution in [0.25, 0.3) is 0 Å². The van der Waals surface area contributed by atoms with Gasteiger partial charge >= 0.3 is 0 Å². The van der Waals surface area contributed by atoms with E-state index in [1.807, 2.05) is 18.2 Å². The predicted octanol–water partition coefficient (Wildman–Crippen LogP) is 4.72. The van der Waals surface area contributed by atoms with Crippen molar-refractivity contribution in [3.63, 3.8) is 0 Å². The molecule has 8 heteroatoms. The second-order valence-electron chi connectivity index (χ2n) is 7.41. The molecule has 6 nitrogen and oxygen atoms in total.